The quantitative estimate of drug-likeness (QED) is 0.675. The molecule has 2 aliphatic rings. The Morgan fingerprint density at radius 1 is 1.38 bits per heavy atom. The fourth-order valence-corrected chi connectivity index (χ4v) is 6.05. The molecule has 2 heterocycles. The van der Waals surface area contributed by atoms with Crippen molar-refractivity contribution in [3.63, 3.8) is 0 Å². The Kier molecular flexibility index (Phi) is 5.15. The van der Waals surface area contributed by atoms with Gasteiger partial charge in [-0.2, -0.15) is 28.6 Å². The van der Waals surface area contributed by atoms with Crippen LogP contribution in [0.5, 0.6) is 0 Å². The van der Waals surface area contributed by atoms with Crippen LogP contribution in [0.15, 0.2) is 11.2 Å². The number of thioether (sulfide) groups is 2. The molecule has 118 valence electrons. The van der Waals surface area contributed by atoms with Crippen LogP contribution in [0.4, 0.5) is 0 Å². The molecule has 2 fully saturated rings. The van der Waals surface area contributed by atoms with Crippen LogP contribution in [0.3, 0.4) is 0 Å². The van der Waals surface area contributed by atoms with E-state index in [4.69, 9.17) is 0 Å². The predicted octanol–water partition coefficient (Wildman–Crippen LogP) is 0.789. The van der Waals surface area contributed by atoms with Crippen LogP contribution in [0.25, 0.3) is 0 Å². The number of sulfonamides is 1. The summed E-state index contributed by atoms with van der Waals surface area (Å²) in [5, 5.41) is 10.4. The molecular formula is C12H20N4O2S3. The number of hydrogen-bond acceptors (Lipinski definition) is 6. The van der Waals surface area contributed by atoms with Gasteiger partial charge in [-0.15, -0.1) is 0 Å². The van der Waals surface area contributed by atoms with Gasteiger partial charge in [0.05, 0.1) is 6.20 Å². The largest absolute Gasteiger partial charge is 0.310 e. The Labute approximate surface area is 133 Å². The zero-order valence-corrected chi connectivity index (χ0v) is 14.1. The minimum atomic E-state index is -3.51. The van der Waals surface area contributed by atoms with Crippen molar-refractivity contribution >= 4 is 33.5 Å². The van der Waals surface area contributed by atoms with Crippen molar-refractivity contribution in [2.24, 2.45) is 0 Å². The van der Waals surface area contributed by atoms with Crippen molar-refractivity contribution in [3.05, 3.63) is 11.8 Å². The molecule has 0 amide bonds. The lowest BCUT2D eigenvalue weighted by Gasteiger charge is -2.21. The van der Waals surface area contributed by atoms with E-state index in [0.717, 1.165) is 17.3 Å². The van der Waals surface area contributed by atoms with Gasteiger partial charge in [-0.05, 0) is 12.8 Å². The Hall–Kier alpha value is -0.220. The average molecular weight is 349 g/mol. The molecule has 1 saturated heterocycles. The molecule has 3 N–H and O–H groups in total. The highest BCUT2D eigenvalue weighted by Gasteiger charge is 2.25. The number of aromatic nitrogens is 2. The molecule has 0 spiro atoms. The van der Waals surface area contributed by atoms with Crippen LogP contribution in [-0.2, 0) is 16.6 Å². The van der Waals surface area contributed by atoms with Gasteiger partial charge in [0, 0.05) is 47.2 Å². The third kappa shape index (κ3) is 4.38. The summed E-state index contributed by atoms with van der Waals surface area (Å²) < 4.78 is 27.5. The van der Waals surface area contributed by atoms with Crippen molar-refractivity contribution in [1.82, 2.24) is 20.2 Å². The van der Waals surface area contributed by atoms with Crippen LogP contribution in [0, 0.1) is 0 Å². The smallest absolute Gasteiger partial charge is 0.257 e. The minimum absolute atomic E-state index is 0.198. The zero-order chi connectivity index (χ0) is 14.7. The summed E-state index contributed by atoms with van der Waals surface area (Å²) in [7, 11) is -3.51. The average Bonchev–Trinajstić information content (AvgIpc) is 3.20. The maximum Gasteiger partial charge on any atom is 0.257 e. The fraction of sp³-hybridized carbons (Fsp3) is 0.750. The second kappa shape index (κ2) is 6.91. The van der Waals surface area contributed by atoms with E-state index in [0.29, 0.717) is 29.9 Å². The third-order valence-corrected chi connectivity index (χ3v) is 7.77. The normalized spacial score (nSPS) is 23.3. The maximum absolute atomic E-state index is 12.4. The molecule has 0 radical (unpaired) electrons. The second-order valence-corrected chi connectivity index (χ2v) is 9.56. The highest BCUT2D eigenvalue weighted by molar-refractivity contribution is 8.06. The molecule has 1 atom stereocenters. The first-order chi connectivity index (χ1) is 10.1. The van der Waals surface area contributed by atoms with E-state index in [-0.39, 0.29) is 5.03 Å². The molecule has 1 aliphatic heterocycles. The number of nitrogens with zero attached hydrogens (tertiary/aromatic N) is 1. The molecule has 0 aromatic carbocycles. The highest BCUT2D eigenvalue weighted by Crippen LogP contribution is 2.24. The monoisotopic (exact) mass is 348 g/mol. The predicted molar refractivity (Wildman–Crippen MR) is 87.2 cm³/mol. The van der Waals surface area contributed by atoms with Crippen LogP contribution in [0.1, 0.15) is 18.4 Å². The Balaban J connectivity index is 1.59. The molecule has 1 saturated carbocycles. The van der Waals surface area contributed by atoms with E-state index in [2.05, 4.69) is 20.2 Å². The molecule has 0 bridgehead atoms. The van der Waals surface area contributed by atoms with Gasteiger partial charge in [-0.1, -0.05) is 0 Å². The first kappa shape index (κ1) is 15.7. The standard InChI is InChI=1S/C12H20N4O2S3/c17-21(18,15-7-11-8-19-3-4-20-11)12-9(6-14-16-12)5-13-10-1-2-10/h6,10-11,13,15H,1-5,7-8H2,(H,14,16). The lowest BCUT2D eigenvalue weighted by atomic mass is 10.3. The topological polar surface area (TPSA) is 86.9 Å². The van der Waals surface area contributed by atoms with E-state index in [1.807, 2.05) is 23.5 Å². The Morgan fingerprint density at radius 3 is 2.95 bits per heavy atom. The van der Waals surface area contributed by atoms with Gasteiger partial charge in [0.1, 0.15) is 0 Å². The molecule has 3 rings (SSSR count). The lowest BCUT2D eigenvalue weighted by molar-refractivity contribution is 0.574. The summed E-state index contributed by atoms with van der Waals surface area (Å²) in [4.78, 5) is 0. The zero-order valence-electron chi connectivity index (χ0n) is 11.7. The van der Waals surface area contributed by atoms with E-state index in [1.165, 1.54) is 12.8 Å². The van der Waals surface area contributed by atoms with Crippen molar-refractivity contribution in [2.75, 3.05) is 23.8 Å². The molecule has 1 aromatic heterocycles. The maximum atomic E-state index is 12.4. The van der Waals surface area contributed by atoms with Crippen LogP contribution in [0.2, 0.25) is 0 Å². The summed E-state index contributed by atoms with van der Waals surface area (Å²) in [6.45, 7) is 1.03. The molecule has 9 heteroatoms. The number of nitrogens with one attached hydrogen (secondary N) is 3. The summed E-state index contributed by atoms with van der Waals surface area (Å²) in [5.41, 5.74) is 0.708. The van der Waals surface area contributed by atoms with Crippen molar-refractivity contribution in [2.45, 2.75) is 35.7 Å². The molecular weight excluding hydrogens is 328 g/mol. The first-order valence-electron chi connectivity index (χ1n) is 7.10. The first-order valence-corrected chi connectivity index (χ1v) is 10.8. The van der Waals surface area contributed by atoms with Crippen molar-refractivity contribution < 1.29 is 8.42 Å². The van der Waals surface area contributed by atoms with Gasteiger partial charge in [0.25, 0.3) is 10.0 Å². The van der Waals surface area contributed by atoms with Crippen LogP contribution >= 0.6 is 23.5 Å². The number of H-pyrrole nitrogens is 1. The SMILES string of the molecule is O=S(=O)(NCC1CSCCS1)c1[nH]ncc1CNC1CC1. The van der Waals surface area contributed by atoms with E-state index < -0.39 is 10.0 Å². The van der Waals surface area contributed by atoms with Gasteiger partial charge in [0.15, 0.2) is 5.03 Å². The molecule has 21 heavy (non-hydrogen) atoms. The summed E-state index contributed by atoms with van der Waals surface area (Å²) >= 11 is 3.73. The van der Waals surface area contributed by atoms with Crippen molar-refractivity contribution in [3.8, 4) is 0 Å². The van der Waals surface area contributed by atoms with E-state index in [1.54, 1.807) is 6.20 Å². The molecule has 1 aliphatic carbocycles. The second-order valence-electron chi connectivity index (χ2n) is 5.30. The molecule has 1 unspecified atom stereocenters. The lowest BCUT2D eigenvalue weighted by Crippen LogP contribution is -2.34. The van der Waals surface area contributed by atoms with Gasteiger partial charge in [-0.3, -0.25) is 5.10 Å². The highest BCUT2D eigenvalue weighted by atomic mass is 32.2. The minimum Gasteiger partial charge on any atom is -0.310 e. The number of aromatic amines is 1. The number of hydrogen-bond donors (Lipinski definition) is 3. The van der Waals surface area contributed by atoms with E-state index >= 15 is 0 Å². The van der Waals surface area contributed by atoms with Gasteiger partial charge in [-0.25, -0.2) is 13.1 Å². The van der Waals surface area contributed by atoms with Gasteiger partial charge >= 0.3 is 0 Å². The van der Waals surface area contributed by atoms with Gasteiger partial charge in [0.2, 0.25) is 0 Å². The third-order valence-electron chi connectivity index (χ3n) is 3.49. The molecule has 1 aromatic rings. The summed E-state index contributed by atoms with van der Waals surface area (Å²) in [6.07, 6.45) is 3.94. The summed E-state index contributed by atoms with van der Waals surface area (Å²) in [6, 6.07) is 0.541. The molecule has 6 nitrogen and oxygen atoms in total. The van der Waals surface area contributed by atoms with E-state index in [9.17, 15) is 8.42 Å². The van der Waals surface area contributed by atoms with Gasteiger partial charge < -0.3 is 5.32 Å². The Morgan fingerprint density at radius 2 is 2.24 bits per heavy atom. The summed E-state index contributed by atoms with van der Waals surface area (Å²) in [5.74, 6) is 3.26. The van der Waals surface area contributed by atoms with Crippen LogP contribution in [-0.4, -0.2) is 53.7 Å². The Bertz CT molecular complexity index is 565. The van der Waals surface area contributed by atoms with Crippen LogP contribution < -0.4 is 10.0 Å². The number of rotatable bonds is 7. The van der Waals surface area contributed by atoms with Crippen molar-refractivity contribution in [1.29, 1.82) is 0 Å². The fourth-order valence-electron chi connectivity index (χ4n) is 2.13.